The van der Waals surface area contributed by atoms with Crippen molar-refractivity contribution in [1.82, 2.24) is 18.8 Å². The fourth-order valence-electron chi connectivity index (χ4n) is 2.78. The van der Waals surface area contributed by atoms with Gasteiger partial charge in [0.1, 0.15) is 5.82 Å². The molecule has 2 heterocycles. The van der Waals surface area contributed by atoms with E-state index in [0.29, 0.717) is 6.54 Å². The number of piperidine rings is 1. The Balaban J connectivity index is 1.99. The molecule has 1 aliphatic rings. The molecular weight excluding hydrogens is 316 g/mol. The summed E-state index contributed by atoms with van der Waals surface area (Å²) < 4.78 is 30.5. The highest BCUT2D eigenvalue weighted by atomic mass is 32.2. The van der Waals surface area contributed by atoms with Crippen molar-refractivity contribution in [2.75, 3.05) is 31.6 Å². The zero-order valence-electron chi connectivity index (χ0n) is 13.8. The first-order chi connectivity index (χ1) is 10.8. The predicted molar refractivity (Wildman–Crippen MR) is 87.9 cm³/mol. The van der Waals surface area contributed by atoms with E-state index in [4.69, 9.17) is 5.26 Å². The Labute approximate surface area is 137 Å². The summed E-state index contributed by atoms with van der Waals surface area (Å²) in [6, 6.07) is 3.83. The third-order valence-electron chi connectivity index (χ3n) is 4.02. The van der Waals surface area contributed by atoms with E-state index in [1.165, 1.54) is 11.4 Å². The monoisotopic (exact) mass is 340 g/mol. The van der Waals surface area contributed by atoms with Crippen LogP contribution in [0.15, 0.2) is 12.3 Å². The summed E-state index contributed by atoms with van der Waals surface area (Å²) in [6.07, 6.45) is 3.45. The minimum Gasteiger partial charge on any atom is -0.355 e. The van der Waals surface area contributed by atoms with Gasteiger partial charge in [0.05, 0.1) is 18.2 Å². The van der Waals surface area contributed by atoms with Crippen molar-refractivity contribution in [3.8, 4) is 6.07 Å². The van der Waals surface area contributed by atoms with E-state index in [9.17, 15) is 8.42 Å². The molecule has 23 heavy (non-hydrogen) atoms. The average Bonchev–Trinajstić information content (AvgIpc) is 2.93. The smallest absolute Gasteiger partial charge is 0.279 e. The molecule has 0 spiro atoms. The SMILES string of the molecule is C[C@H](C#N)CN(C)S(=O)(=O)N[C@H]1CCCN(c2ccnn2C)C1. The summed E-state index contributed by atoms with van der Waals surface area (Å²) in [5.74, 6) is 0.647. The first-order valence-corrected chi connectivity index (χ1v) is 9.13. The number of hydrogen-bond donors (Lipinski definition) is 1. The fraction of sp³-hybridized carbons (Fsp3) is 0.714. The third-order valence-corrected chi connectivity index (χ3v) is 5.62. The molecule has 1 aromatic rings. The normalized spacial score (nSPS) is 20.5. The Hall–Kier alpha value is -1.63. The van der Waals surface area contributed by atoms with Gasteiger partial charge in [-0.2, -0.15) is 27.8 Å². The van der Waals surface area contributed by atoms with E-state index in [1.54, 1.807) is 17.8 Å². The van der Waals surface area contributed by atoms with E-state index in [2.05, 4.69) is 20.8 Å². The van der Waals surface area contributed by atoms with Crippen molar-refractivity contribution in [3.05, 3.63) is 12.3 Å². The molecule has 1 saturated heterocycles. The molecule has 0 amide bonds. The van der Waals surface area contributed by atoms with Crippen LogP contribution in [0.4, 0.5) is 5.82 Å². The Morgan fingerprint density at radius 1 is 1.61 bits per heavy atom. The van der Waals surface area contributed by atoms with E-state index in [-0.39, 0.29) is 18.5 Å². The van der Waals surface area contributed by atoms with Crippen molar-refractivity contribution in [2.45, 2.75) is 25.8 Å². The minimum atomic E-state index is -3.58. The number of aromatic nitrogens is 2. The van der Waals surface area contributed by atoms with Gasteiger partial charge < -0.3 is 4.90 Å². The second kappa shape index (κ2) is 7.29. The molecule has 2 atom stereocenters. The van der Waals surface area contributed by atoms with Gasteiger partial charge in [0.15, 0.2) is 0 Å². The van der Waals surface area contributed by atoms with Crippen molar-refractivity contribution in [3.63, 3.8) is 0 Å². The van der Waals surface area contributed by atoms with Gasteiger partial charge in [0.25, 0.3) is 10.2 Å². The Bertz CT molecular complexity index is 665. The van der Waals surface area contributed by atoms with E-state index in [0.717, 1.165) is 25.2 Å². The molecule has 1 aromatic heterocycles. The first kappa shape index (κ1) is 17.7. The zero-order chi connectivity index (χ0) is 17.0. The van der Waals surface area contributed by atoms with Crippen LogP contribution >= 0.6 is 0 Å². The maximum Gasteiger partial charge on any atom is 0.279 e. The van der Waals surface area contributed by atoms with E-state index < -0.39 is 10.2 Å². The molecule has 9 heteroatoms. The number of nitrogens with zero attached hydrogens (tertiary/aromatic N) is 5. The Morgan fingerprint density at radius 3 is 2.96 bits per heavy atom. The summed E-state index contributed by atoms with van der Waals surface area (Å²) in [4.78, 5) is 2.14. The summed E-state index contributed by atoms with van der Waals surface area (Å²) in [5.41, 5.74) is 0. The van der Waals surface area contributed by atoms with Crippen LogP contribution in [0.25, 0.3) is 0 Å². The summed E-state index contributed by atoms with van der Waals surface area (Å²) in [7, 11) is -0.211. The van der Waals surface area contributed by atoms with Crippen LogP contribution in [0.3, 0.4) is 0 Å². The second-order valence-electron chi connectivity index (χ2n) is 6.03. The van der Waals surface area contributed by atoms with Gasteiger partial charge in [-0.15, -0.1) is 0 Å². The molecule has 1 N–H and O–H groups in total. The Kier molecular flexibility index (Phi) is 5.62. The van der Waals surface area contributed by atoms with Gasteiger partial charge in [-0.25, -0.2) is 0 Å². The molecule has 0 bridgehead atoms. The summed E-state index contributed by atoms with van der Waals surface area (Å²) in [6.45, 7) is 3.39. The molecule has 0 unspecified atom stereocenters. The molecule has 2 rings (SSSR count). The molecule has 0 saturated carbocycles. The highest BCUT2D eigenvalue weighted by molar-refractivity contribution is 7.87. The standard InChI is InChI=1S/C14H24N6O2S/c1-12(9-15)10-18(2)23(21,22)17-13-5-4-8-20(11-13)14-6-7-16-19(14)3/h6-7,12-13,17H,4-5,8,10-11H2,1-3H3/t12-,13+/m1/s1. The molecule has 1 fully saturated rings. The van der Waals surface area contributed by atoms with Crippen molar-refractivity contribution in [2.24, 2.45) is 13.0 Å². The van der Waals surface area contributed by atoms with Crippen molar-refractivity contribution >= 4 is 16.0 Å². The van der Waals surface area contributed by atoms with Gasteiger partial charge in [-0.1, -0.05) is 0 Å². The first-order valence-electron chi connectivity index (χ1n) is 7.69. The topological polar surface area (TPSA) is 94.3 Å². The minimum absolute atomic E-state index is 0.150. The van der Waals surface area contributed by atoms with Crippen LogP contribution in [0, 0.1) is 17.2 Å². The Morgan fingerprint density at radius 2 is 2.35 bits per heavy atom. The molecule has 0 aliphatic carbocycles. The molecular formula is C14H24N6O2S. The van der Waals surface area contributed by atoms with Gasteiger partial charge in [-0.05, 0) is 19.8 Å². The molecule has 0 aromatic carbocycles. The van der Waals surface area contributed by atoms with Gasteiger partial charge >= 0.3 is 0 Å². The van der Waals surface area contributed by atoms with Crippen LogP contribution in [0.5, 0.6) is 0 Å². The molecule has 8 nitrogen and oxygen atoms in total. The maximum absolute atomic E-state index is 12.4. The lowest BCUT2D eigenvalue weighted by Crippen LogP contribution is -2.51. The van der Waals surface area contributed by atoms with Crippen LogP contribution < -0.4 is 9.62 Å². The predicted octanol–water partition coefficient (Wildman–Crippen LogP) is 0.315. The zero-order valence-corrected chi connectivity index (χ0v) is 14.6. The number of rotatable bonds is 6. The molecule has 128 valence electrons. The number of anilines is 1. The summed E-state index contributed by atoms with van der Waals surface area (Å²) >= 11 is 0. The maximum atomic E-state index is 12.4. The number of nitriles is 1. The van der Waals surface area contributed by atoms with Crippen molar-refractivity contribution < 1.29 is 8.42 Å². The largest absolute Gasteiger partial charge is 0.355 e. The van der Waals surface area contributed by atoms with E-state index in [1.807, 2.05) is 13.1 Å². The second-order valence-corrected chi connectivity index (χ2v) is 7.84. The quantitative estimate of drug-likeness (QED) is 0.804. The molecule has 1 aliphatic heterocycles. The van der Waals surface area contributed by atoms with Crippen LogP contribution in [-0.2, 0) is 17.3 Å². The van der Waals surface area contributed by atoms with Gasteiger partial charge in [-0.3, -0.25) is 4.68 Å². The van der Waals surface area contributed by atoms with Crippen LogP contribution in [0.1, 0.15) is 19.8 Å². The van der Waals surface area contributed by atoms with Crippen molar-refractivity contribution in [1.29, 1.82) is 5.26 Å². The average molecular weight is 340 g/mol. The van der Waals surface area contributed by atoms with Crippen LogP contribution in [-0.4, -0.2) is 55.2 Å². The van der Waals surface area contributed by atoms with Gasteiger partial charge in [0, 0.05) is 45.8 Å². The lowest BCUT2D eigenvalue weighted by Gasteiger charge is -2.35. The van der Waals surface area contributed by atoms with Gasteiger partial charge in [0.2, 0.25) is 0 Å². The number of nitrogens with one attached hydrogen (secondary N) is 1. The number of hydrogen-bond acceptors (Lipinski definition) is 5. The number of aryl methyl sites for hydroxylation is 1. The summed E-state index contributed by atoms with van der Waals surface area (Å²) in [5, 5.41) is 13.0. The van der Waals surface area contributed by atoms with E-state index >= 15 is 0 Å². The lowest BCUT2D eigenvalue weighted by molar-refractivity contribution is 0.405. The molecule has 0 radical (unpaired) electrons. The van der Waals surface area contributed by atoms with Crippen LogP contribution in [0.2, 0.25) is 0 Å². The fourth-order valence-corrected chi connectivity index (χ4v) is 4.00. The highest BCUT2D eigenvalue weighted by Gasteiger charge is 2.28. The third kappa shape index (κ3) is 4.43. The lowest BCUT2D eigenvalue weighted by atomic mass is 10.1. The highest BCUT2D eigenvalue weighted by Crippen LogP contribution is 2.19.